The number of fused-ring (bicyclic) bond motifs is 1. The maximum atomic E-state index is 12.7. The van der Waals surface area contributed by atoms with Crippen LogP contribution in [0.5, 0.6) is 5.75 Å². The molecule has 3 aromatic rings. The summed E-state index contributed by atoms with van der Waals surface area (Å²) in [4.78, 5) is 29.5. The van der Waals surface area contributed by atoms with E-state index in [1.807, 2.05) is 0 Å². The van der Waals surface area contributed by atoms with Crippen molar-refractivity contribution in [2.24, 2.45) is 4.99 Å². The number of hydrogen-bond acceptors (Lipinski definition) is 7. The Bertz CT molecular complexity index is 1290. The Morgan fingerprint density at radius 2 is 1.81 bits per heavy atom. The van der Waals surface area contributed by atoms with Crippen molar-refractivity contribution in [3.8, 4) is 5.75 Å². The van der Waals surface area contributed by atoms with Gasteiger partial charge in [0, 0.05) is 5.56 Å². The number of carbonyl (C=O) groups excluding carboxylic acids is 2. The molecule has 0 saturated carbocycles. The summed E-state index contributed by atoms with van der Waals surface area (Å²) in [6, 6.07) is 11.0. The first-order valence-corrected chi connectivity index (χ1v) is 12.0. The van der Waals surface area contributed by atoms with Gasteiger partial charge >= 0.3 is 5.97 Å². The number of sulfone groups is 1. The summed E-state index contributed by atoms with van der Waals surface area (Å²) in [6.07, 6.45) is 0. The molecular formula is C21H22N2O6S2. The fourth-order valence-corrected chi connectivity index (χ4v) is 4.82. The van der Waals surface area contributed by atoms with Crippen molar-refractivity contribution in [1.29, 1.82) is 0 Å². The molecule has 0 aliphatic carbocycles. The van der Waals surface area contributed by atoms with Gasteiger partial charge in [-0.05, 0) is 49.4 Å². The zero-order valence-electron chi connectivity index (χ0n) is 17.3. The number of rotatable bonds is 7. The van der Waals surface area contributed by atoms with Gasteiger partial charge in [0.15, 0.2) is 14.6 Å². The van der Waals surface area contributed by atoms with E-state index in [4.69, 9.17) is 9.47 Å². The van der Waals surface area contributed by atoms with E-state index in [1.165, 1.54) is 35.6 Å². The fourth-order valence-electron chi connectivity index (χ4n) is 2.88. The zero-order valence-corrected chi connectivity index (χ0v) is 19.0. The SMILES string of the molecule is CCOC(=O)Cn1c(=NC(=O)c2ccc(S(=O)(=O)CC)cc2)sc2cc(OC)ccc21. The molecule has 0 aliphatic rings. The van der Waals surface area contributed by atoms with Gasteiger partial charge in [-0.25, -0.2) is 8.42 Å². The lowest BCUT2D eigenvalue weighted by Crippen LogP contribution is -2.23. The summed E-state index contributed by atoms with van der Waals surface area (Å²) in [5.41, 5.74) is 0.961. The highest BCUT2D eigenvalue weighted by Gasteiger charge is 2.15. The number of methoxy groups -OCH3 is 1. The molecule has 10 heteroatoms. The first-order chi connectivity index (χ1) is 14.8. The number of amides is 1. The molecule has 1 amide bonds. The lowest BCUT2D eigenvalue weighted by atomic mass is 10.2. The summed E-state index contributed by atoms with van der Waals surface area (Å²) in [5, 5.41) is 0. The van der Waals surface area contributed by atoms with Crippen LogP contribution in [-0.4, -0.2) is 44.3 Å². The highest BCUT2D eigenvalue weighted by molar-refractivity contribution is 7.91. The van der Waals surface area contributed by atoms with Crippen LogP contribution in [0.2, 0.25) is 0 Å². The van der Waals surface area contributed by atoms with E-state index in [1.54, 1.807) is 43.7 Å². The number of thiazole rings is 1. The molecule has 0 aliphatic heterocycles. The summed E-state index contributed by atoms with van der Waals surface area (Å²) in [7, 11) is -1.80. The predicted molar refractivity (Wildman–Crippen MR) is 117 cm³/mol. The molecule has 164 valence electrons. The fraction of sp³-hybridized carbons (Fsp3) is 0.286. The van der Waals surface area contributed by atoms with Gasteiger partial charge in [0.25, 0.3) is 5.91 Å². The zero-order chi connectivity index (χ0) is 22.6. The van der Waals surface area contributed by atoms with Gasteiger partial charge in [0.05, 0.1) is 34.6 Å². The summed E-state index contributed by atoms with van der Waals surface area (Å²) in [5.74, 6) is -0.371. The topological polar surface area (TPSA) is 104 Å². The van der Waals surface area contributed by atoms with E-state index < -0.39 is 21.7 Å². The van der Waals surface area contributed by atoms with Crippen molar-refractivity contribution in [2.75, 3.05) is 19.5 Å². The Morgan fingerprint density at radius 3 is 2.42 bits per heavy atom. The van der Waals surface area contributed by atoms with Gasteiger partial charge in [-0.2, -0.15) is 4.99 Å². The first-order valence-electron chi connectivity index (χ1n) is 9.54. The second-order valence-electron chi connectivity index (χ2n) is 6.45. The minimum Gasteiger partial charge on any atom is -0.497 e. The normalized spacial score (nSPS) is 12.2. The molecule has 1 aromatic heterocycles. The summed E-state index contributed by atoms with van der Waals surface area (Å²) in [6.45, 7) is 3.42. The average Bonchev–Trinajstić information content (AvgIpc) is 3.09. The number of esters is 1. The second-order valence-corrected chi connectivity index (χ2v) is 9.74. The van der Waals surface area contributed by atoms with E-state index in [2.05, 4.69) is 4.99 Å². The molecule has 8 nitrogen and oxygen atoms in total. The van der Waals surface area contributed by atoms with Gasteiger partial charge in [-0.1, -0.05) is 18.3 Å². The highest BCUT2D eigenvalue weighted by Crippen LogP contribution is 2.23. The maximum absolute atomic E-state index is 12.7. The van der Waals surface area contributed by atoms with Crippen molar-refractivity contribution in [2.45, 2.75) is 25.3 Å². The molecule has 0 unspecified atom stereocenters. The van der Waals surface area contributed by atoms with E-state index in [-0.39, 0.29) is 29.4 Å². The quantitative estimate of drug-likeness (QED) is 0.500. The Morgan fingerprint density at radius 1 is 1.10 bits per heavy atom. The third kappa shape index (κ3) is 5.02. The lowest BCUT2D eigenvalue weighted by molar-refractivity contribution is -0.143. The molecule has 31 heavy (non-hydrogen) atoms. The summed E-state index contributed by atoms with van der Waals surface area (Å²) >= 11 is 1.24. The van der Waals surface area contributed by atoms with E-state index >= 15 is 0 Å². The number of carbonyl (C=O) groups is 2. The monoisotopic (exact) mass is 462 g/mol. The largest absolute Gasteiger partial charge is 0.497 e. The number of hydrogen-bond donors (Lipinski definition) is 0. The van der Waals surface area contributed by atoms with Gasteiger partial charge in [-0.15, -0.1) is 0 Å². The van der Waals surface area contributed by atoms with E-state index in [0.29, 0.717) is 10.6 Å². The van der Waals surface area contributed by atoms with Crippen molar-refractivity contribution < 1.29 is 27.5 Å². The second kappa shape index (κ2) is 9.44. The highest BCUT2D eigenvalue weighted by atomic mass is 32.2. The smallest absolute Gasteiger partial charge is 0.326 e. The molecule has 0 N–H and O–H groups in total. The van der Waals surface area contributed by atoms with Crippen LogP contribution < -0.4 is 9.54 Å². The minimum absolute atomic E-state index is 0.0240. The van der Waals surface area contributed by atoms with Gasteiger partial charge in [0.2, 0.25) is 0 Å². The third-order valence-corrected chi connectivity index (χ3v) is 7.31. The predicted octanol–water partition coefficient (Wildman–Crippen LogP) is 2.81. The molecule has 0 fully saturated rings. The number of benzene rings is 2. The molecule has 0 saturated heterocycles. The average molecular weight is 463 g/mol. The molecule has 0 atom stereocenters. The van der Waals surface area contributed by atoms with E-state index in [0.717, 1.165) is 10.2 Å². The van der Waals surface area contributed by atoms with Crippen molar-refractivity contribution in [3.05, 3.63) is 52.8 Å². The Balaban J connectivity index is 2.05. The van der Waals surface area contributed by atoms with Crippen LogP contribution >= 0.6 is 11.3 Å². The standard InChI is InChI=1S/C21H22N2O6S2/c1-4-29-19(24)13-23-17-11-8-15(28-3)12-18(17)30-21(23)22-20(25)14-6-9-16(10-7-14)31(26,27)5-2/h6-12H,4-5,13H2,1-3H3. The Kier molecular flexibility index (Phi) is 6.91. The van der Waals surface area contributed by atoms with Crippen molar-refractivity contribution in [1.82, 2.24) is 4.57 Å². The van der Waals surface area contributed by atoms with Gasteiger partial charge in [-0.3, -0.25) is 9.59 Å². The van der Waals surface area contributed by atoms with Crippen molar-refractivity contribution >= 4 is 43.3 Å². The molecule has 0 bridgehead atoms. The molecule has 0 spiro atoms. The van der Waals surface area contributed by atoms with Crippen LogP contribution in [-0.2, 0) is 25.9 Å². The van der Waals surface area contributed by atoms with Crippen LogP contribution in [0, 0.1) is 0 Å². The minimum atomic E-state index is -3.36. The molecule has 0 radical (unpaired) electrons. The van der Waals surface area contributed by atoms with Gasteiger partial charge in [0.1, 0.15) is 12.3 Å². The van der Waals surface area contributed by atoms with E-state index in [9.17, 15) is 18.0 Å². The maximum Gasteiger partial charge on any atom is 0.326 e. The van der Waals surface area contributed by atoms with Crippen LogP contribution in [0.4, 0.5) is 0 Å². The lowest BCUT2D eigenvalue weighted by Gasteiger charge is -2.06. The Labute approximate surface area is 183 Å². The van der Waals surface area contributed by atoms with Crippen LogP contribution in [0.25, 0.3) is 10.2 Å². The molecule has 2 aromatic carbocycles. The Hall–Kier alpha value is -2.98. The van der Waals surface area contributed by atoms with Crippen LogP contribution in [0.3, 0.4) is 0 Å². The third-order valence-electron chi connectivity index (χ3n) is 4.52. The summed E-state index contributed by atoms with van der Waals surface area (Å²) < 4.78 is 36.6. The molecular weight excluding hydrogens is 440 g/mol. The van der Waals surface area contributed by atoms with Crippen molar-refractivity contribution in [3.63, 3.8) is 0 Å². The molecule has 1 heterocycles. The number of ether oxygens (including phenoxy) is 2. The first kappa shape index (κ1) is 22.7. The van der Waals surface area contributed by atoms with Crippen LogP contribution in [0.15, 0.2) is 52.4 Å². The number of nitrogens with zero attached hydrogens (tertiary/aromatic N) is 2. The van der Waals surface area contributed by atoms with Crippen LogP contribution in [0.1, 0.15) is 24.2 Å². The number of aromatic nitrogens is 1. The van der Waals surface area contributed by atoms with Gasteiger partial charge < -0.3 is 14.0 Å². The molecule has 3 rings (SSSR count).